The monoisotopic (exact) mass is 340 g/mol. The van der Waals surface area contributed by atoms with Gasteiger partial charge in [-0.25, -0.2) is 4.68 Å². The van der Waals surface area contributed by atoms with Gasteiger partial charge in [-0.3, -0.25) is 4.79 Å². The predicted octanol–water partition coefficient (Wildman–Crippen LogP) is 1.82. The van der Waals surface area contributed by atoms with E-state index in [2.05, 4.69) is 15.7 Å². The number of carbonyl (C=O) groups is 1. The molecule has 0 spiro atoms. The van der Waals surface area contributed by atoms with Gasteiger partial charge in [-0.1, -0.05) is 0 Å². The Morgan fingerprint density at radius 1 is 1.29 bits per heavy atom. The summed E-state index contributed by atoms with van der Waals surface area (Å²) in [6, 6.07) is 6.86. The number of amides is 1. The number of nitrogens with one attached hydrogen (secondary N) is 2. The summed E-state index contributed by atoms with van der Waals surface area (Å²) >= 11 is 0. The van der Waals surface area contributed by atoms with Crippen molar-refractivity contribution in [3.63, 3.8) is 0 Å². The van der Waals surface area contributed by atoms with E-state index in [1.807, 2.05) is 0 Å². The summed E-state index contributed by atoms with van der Waals surface area (Å²) in [6.45, 7) is 1.58. The van der Waals surface area contributed by atoms with E-state index >= 15 is 0 Å². The molecule has 1 fully saturated rings. The summed E-state index contributed by atoms with van der Waals surface area (Å²) in [4.78, 5) is 12.0. The third kappa shape index (κ3) is 3.57. The number of hydrogen-bond acceptors (Lipinski definition) is 4. The molecule has 2 N–H and O–H groups in total. The van der Waals surface area contributed by atoms with Crippen molar-refractivity contribution < 1.29 is 22.7 Å². The first-order chi connectivity index (χ1) is 11.4. The molecule has 0 radical (unpaired) electrons. The van der Waals surface area contributed by atoms with Crippen molar-refractivity contribution in [2.24, 2.45) is 0 Å². The molecule has 2 aromatic rings. The van der Waals surface area contributed by atoms with Gasteiger partial charge < -0.3 is 15.4 Å². The molecule has 3 rings (SSSR count). The zero-order valence-corrected chi connectivity index (χ0v) is 12.5. The lowest BCUT2D eigenvalue weighted by Crippen LogP contribution is -2.45. The highest BCUT2D eigenvalue weighted by Gasteiger charge is 2.35. The van der Waals surface area contributed by atoms with Crippen LogP contribution in [0, 0.1) is 0 Å². The Labute approximate surface area is 135 Å². The van der Waals surface area contributed by atoms with Gasteiger partial charge in [0.2, 0.25) is 0 Å². The molecule has 1 atom stereocenters. The third-order valence-electron chi connectivity index (χ3n) is 3.53. The number of carbonyl (C=O) groups excluding carboxylic acids is 1. The minimum atomic E-state index is -4.49. The number of alkyl halides is 3. The molecule has 0 aliphatic carbocycles. The van der Waals surface area contributed by atoms with Crippen LogP contribution in [0.3, 0.4) is 0 Å². The fourth-order valence-electron chi connectivity index (χ4n) is 2.37. The summed E-state index contributed by atoms with van der Waals surface area (Å²) < 4.78 is 44.8. The third-order valence-corrected chi connectivity index (χ3v) is 3.53. The van der Waals surface area contributed by atoms with Crippen LogP contribution in [-0.2, 0) is 15.7 Å². The normalized spacial score (nSPS) is 18.4. The average molecular weight is 340 g/mol. The van der Waals surface area contributed by atoms with E-state index in [0.29, 0.717) is 25.4 Å². The molecule has 1 aromatic carbocycles. The van der Waals surface area contributed by atoms with E-state index in [9.17, 15) is 18.0 Å². The Bertz CT molecular complexity index is 706. The van der Waals surface area contributed by atoms with Gasteiger partial charge in [0.15, 0.2) is 0 Å². The zero-order chi connectivity index (χ0) is 17.2. The number of rotatable bonds is 3. The lowest BCUT2D eigenvalue weighted by atomic mass is 10.2. The number of anilines is 1. The van der Waals surface area contributed by atoms with Crippen LogP contribution in [-0.4, -0.2) is 41.5 Å². The van der Waals surface area contributed by atoms with Gasteiger partial charge in [0, 0.05) is 18.8 Å². The maximum absolute atomic E-state index is 12.9. The molecule has 0 saturated carbocycles. The van der Waals surface area contributed by atoms with E-state index in [1.165, 1.54) is 24.3 Å². The van der Waals surface area contributed by atoms with Gasteiger partial charge in [0.1, 0.15) is 11.8 Å². The lowest BCUT2D eigenvalue weighted by Gasteiger charge is -2.22. The molecule has 0 unspecified atom stereocenters. The van der Waals surface area contributed by atoms with Gasteiger partial charge in [-0.2, -0.15) is 18.3 Å². The summed E-state index contributed by atoms with van der Waals surface area (Å²) in [6.07, 6.45) is -3.98. The summed E-state index contributed by atoms with van der Waals surface area (Å²) in [5.74, 6) is -0.301. The molecule has 1 aliphatic rings. The predicted molar refractivity (Wildman–Crippen MR) is 79.8 cm³/mol. The first-order valence-electron chi connectivity index (χ1n) is 7.30. The van der Waals surface area contributed by atoms with Crippen molar-refractivity contribution in [1.82, 2.24) is 15.1 Å². The van der Waals surface area contributed by atoms with E-state index in [4.69, 9.17) is 4.74 Å². The molecule has 128 valence electrons. The van der Waals surface area contributed by atoms with Crippen molar-refractivity contribution >= 4 is 11.6 Å². The second-order valence-electron chi connectivity index (χ2n) is 5.23. The Hall–Kier alpha value is -2.39. The van der Waals surface area contributed by atoms with E-state index < -0.39 is 18.0 Å². The number of nitrogens with zero attached hydrogens (tertiary/aromatic N) is 2. The first-order valence-corrected chi connectivity index (χ1v) is 7.30. The number of morpholine rings is 1. The van der Waals surface area contributed by atoms with Gasteiger partial charge in [0.25, 0.3) is 5.91 Å². The molecule has 0 bridgehead atoms. The van der Waals surface area contributed by atoms with Gasteiger partial charge in [0.05, 0.1) is 18.5 Å². The molecular formula is C15H15F3N4O2. The highest BCUT2D eigenvalue weighted by molar-refractivity contribution is 5.94. The van der Waals surface area contributed by atoms with Crippen molar-refractivity contribution in [2.45, 2.75) is 12.3 Å². The number of halogens is 3. The van der Waals surface area contributed by atoms with Crippen LogP contribution < -0.4 is 10.6 Å². The van der Waals surface area contributed by atoms with Crippen LogP contribution in [0.5, 0.6) is 0 Å². The quantitative estimate of drug-likeness (QED) is 0.894. The van der Waals surface area contributed by atoms with Crippen molar-refractivity contribution in [2.75, 3.05) is 25.0 Å². The number of hydrogen-bond donors (Lipinski definition) is 2. The smallest absolute Gasteiger partial charge is 0.366 e. The Morgan fingerprint density at radius 3 is 2.67 bits per heavy atom. The molecule has 1 saturated heterocycles. The molecular weight excluding hydrogens is 325 g/mol. The average Bonchev–Trinajstić information content (AvgIpc) is 3.06. The van der Waals surface area contributed by atoms with Crippen molar-refractivity contribution in [1.29, 1.82) is 0 Å². The minimum Gasteiger partial charge on any atom is -0.366 e. The fourth-order valence-corrected chi connectivity index (χ4v) is 2.37. The van der Waals surface area contributed by atoms with Crippen molar-refractivity contribution in [3.8, 4) is 5.69 Å². The van der Waals surface area contributed by atoms with Crippen LogP contribution in [0.4, 0.5) is 18.9 Å². The van der Waals surface area contributed by atoms with Gasteiger partial charge in [-0.15, -0.1) is 0 Å². The van der Waals surface area contributed by atoms with Gasteiger partial charge in [-0.05, 0) is 30.3 Å². The fraction of sp³-hybridized carbons (Fsp3) is 0.333. The number of ether oxygens (including phenoxy) is 1. The van der Waals surface area contributed by atoms with E-state index in [0.717, 1.165) is 16.9 Å². The highest BCUT2D eigenvalue weighted by Crippen LogP contribution is 2.30. The van der Waals surface area contributed by atoms with Crippen LogP contribution in [0.15, 0.2) is 36.5 Å². The first kappa shape index (κ1) is 16.5. The van der Waals surface area contributed by atoms with Gasteiger partial charge >= 0.3 is 6.18 Å². The molecule has 6 nitrogen and oxygen atoms in total. The SMILES string of the molecule is O=C(Nc1ccc(-n2nccc2C(F)(F)F)cc1)[C@@H]1CNCCO1. The van der Waals surface area contributed by atoms with Crippen LogP contribution in [0.1, 0.15) is 5.69 Å². The maximum Gasteiger partial charge on any atom is 0.433 e. The highest BCUT2D eigenvalue weighted by atomic mass is 19.4. The summed E-state index contributed by atoms with van der Waals surface area (Å²) in [7, 11) is 0. The minimum absolute atomic E-state index is 0.251. The van der Waals surface area contributed by atoms with E-state index in [-0.39, 0.29) is 11.6 Å². The Balaban J connectivity index is 1.72. The second kappa shape index (κ2) is 6.62. The summed E-state index contributed by atoms with van der Waals surface area (Å²) in [5.41, 5.74) is -0.138. The Morgan fingerprint density at radius 2 is 2.04 bits per heavy atom. The maximum atomic E-state index is 12.9. The van der Waals surface area contributed by atoms with Crippen LogP contribution in [0.25, 0.3) is 5.69 Å². The summed E-state index contributed by atoms with van der Waals surface area (Å²) in [5, 5.41) is 9.42. The number of benzene rings is 1. The molecule has 9 heteroatoms. The van der Waals surface area contributed by atoms with Crippen LogP contribution in [0.2, 0.25) is 0 Å². The van der Waals surface area contributed by atoms with Crippen LogP contribution >= 0.6 is 0 Å². The Kier molecular flexibility index (Phi) is 4.54. The number of aromatic nitrogens is 2. The topological polar surface area (TPSA) is 68.2 Å². The largest absolute Gasteiger partial charge is 0.433 e. The zero-order valence-electron chi connectivity index (χ0n) is 12.5. The molecule has 1 aliphatic heterocycles. The molecule has 1 aromatic heterocycles. The second-order valence-corrected chi connectivity index (χ2v) is 5.23. The molecule has 2 heterocycles. The molecule has 1 amide bonds. The standard InChI is InChI=1S/C15H15F3N4O2/c16-15(17,18)13-5-6-20-22(13)11-3-1-10(2-4-11)21-14(23)12-9-19-7-8-24-12/h1-6,12,19H,7-9H2,(H,21,23)/t12-/m0/s1. The van der Waals surface area contributed by atoms with E-state index in [1.54, 1.807) is 0 Å². The lowest BCUT2D eigenvalue weighted by molar-refractivity contribution is -0.142. The molecule has 24 heavy (non-hydrogen) atoms. The van der Waals surface area contributed by atoms with Crippen molar-refractivity contribution in [3.05, 3.63) is 42.2 Å².